The average molecular weight is 288 g/mol. The number of nitrogens with one attached hydrogen (secondary N) is 1. The lowest BCUT2D eigenvalue weighted by atomic mass is 9.87. The standard InChI is InChI=1S/C13H22BrNO/c1-5-7-15-11(9-13(2,3)4)12-10(14)6-8-16-12/h6,8,11,15H,5,7,9H2,1-4H3. The van der Waals surface area contributed by atoms with Gasteiger partial charge in [-0.2, -0.15) is 0 Å². The second-order valence-corrected chi connectivity index (χ2v) is 6.26. The topological polar surface area (TPSA) is 25.2 Å². The Balaban J connectivity index is 2.75. The van der Waals surface area contributed by atoms with Gasteiger partial charge in [0, 0.05) is 0 Å². The van der Waals surface area contributed by atoms with Crippen molar-refractivity contribution in [2.75, 3.05) is 6.54 Å². The largest absolute Gasteiger partial charge is 0.466 e. The molecular weight excluding hydrogens is 266 g/mol. The van der Waals surface area contributed by atoms with E-state index in [1.54, 1.807) is 6.26 Å². The van der Waals surface area contributed by atoms with E-state index < -0.39 is 0 Å². The van der Waals surface area contributed by atoms with Crippen LogP contribution in [0.15, 0.2) is 21.2 Å². The zero-order chi connectivity index (χ0) is 12.2. The van der Waals surface area contributed by atoms with Crippen molar-refractivity contribution in [2.24, 2.45) is 5.41 Å². The van der Waals surface area contributed by atoms with Crippen LogP contribution in [-0.2, 0) is 0 Å². The Morgan fingerprint density at radius 1 is 1.44 bits per heavy atom. The van der Waals surface area contributed by atoms with Gasteiger partial charge in [-0.1, -0.05) is 27.7 Å². The Bertz CT molecular complexity index is 314. The van der Waals surface area contributed by atoms with E-state index in [0.29, 0.717) is 6.04 Å². The van der Waals surface area contributed by atoms with Gasteiger partial charge in [-0.15, -0.1) is 0 Å². The van der Waals surface area contributed by atoms with Gasteiger partial charge in [0.05, 0.1) is 16.8 Å². The molecule has 3 heteroatoms. The third kappa shape index (κ3) is 4.30. The summed E-state index contributed by atoms with van der Waals surface area (Å²) >= 11 is 3.53. The first-order valence-corrected chi connectivity index (χ1v) is 6.69. The minimum Gasteiger partial charge on any atom is -0.466 e. The summed E-state index contributed by atoms with van der Waals surface area (Å²) in [6.07, 6.45) is 3.95. The van der Waals surface area contributed by atoms with E-state index in [9.17, 15) is 0 Å². The molecule has 1 atom stereocenters. The molecule has 0 aromatic carbocycles. The Hall–Kier alpha value is -0.280. The highest BCUT2D eigenvalue weighted by Crippen LogP contribution is 2.33. The van der Waals surface area contributed by atoms with E-state index in [2.05, 4.69) is 48.9 Å². The lowest BCUT2D eigenvalue weighted by Gasteiger charge is -2.25. The first kappa shape index (κ1) is 13.8. The van der Waals surface area contributed by atoms with E-state index >= 15 is 0 Å². The molecule has 2 nitrogen and oxygen atoms in total. The maximum Gasteiger partial charge on any atom is 0.134 e. The van der Waals surface area contributed by atoms with Crippen LogP contribution >= 0.6 is 15.9 Å². The minimum absolute atomic E-state index is 0.289. The zero-order valence-corrected chi connectivity index (χ0v) is 12.2. The molecular formula is C13H22BrNO. The highest BCUT2D eigenvalue weighted by Gasteiger charge is 2.23. The predicted octanol–water partition coefficient (Wildman–Crippen LogP) is 4.52. The third-order valence-corrected chi connectivity index (χ3v) is 3.07. The van der Waals surface area contributed by atoms with Crippen molar-refractivity contribution in [3.05, 3.63) is 22.6 Å². The van der Waals surface area contributed by atoms with Crippen LogP contribution in [0.25, 0.3) is 0 Å². The van der Waals surface area contributed by atoms with E-state index in [1.807, 2.05) is 6.07 Å². The smallest absolute Gasteiger partial charge is 0.134 e. The van der Waals surface area contributed by atoms with Crippen molar-refractivity contribution in [3.63, 3.8) is 0 Å². The summed E-state index contributed by atoms with van der Waals surface area (Å²) < 4.78 is 6.62. The van der Waals surface area contributed by atoms with Crippen LogP contribution in [0.3, 0.4) is 0 Å². The monoisotopic (exact) mass is 287 g/mol. The van der Waals surface area contributed by atoms with Crippen LogP contribution in [-0.4, -0.2) is 6.54 Å². The molecule has 1 unspecified atom stereocenters. The molecule has 1 N–H and O–H groups in total. The fourth-order valence-corrected chi connectivity index (χ4v) is 2.22. The molecule has 0 saturated heterocycles. The Morgan fingerprint density at radius 3 is 2.56 bits per heavy atom. The maximum atomic E-state index is 5.56. The Kier molecular flexibility index (Phi) is 5.06. The lowest BCUT2D eigenvalue weighted by Crippen LogP contribution is -2.26. The van der Waals surface area contributed by atoms with Crippen LogP contribution in [0.1, 0.15) is 52.3 Å². The molecule has 16 heavy (non-hydrogen) atoms. The summed E-state index contributed by atoms with van der Waals surface area (Å²) in [6, 6.07) is 2.25. The van der Waals surface area contributed by atoms with Crippen molar-refractivity contribution < 1.29 is 4.42 Å². The highest BCUT2D eigenvalue weighted by atomic mass is 79.9. The molecule has 92 valence electrons. The number of rotatable bonds is 5. The predicted molar refractivity (Wildman–Crippen MR) is 71.5 cm³/mol. The zero-order valence-electron chi connectivity index (χ0n) is 10.6. The van der Waals surface area contributed by atoms with Crippen molar-refractivity contribution in [3.8, 4) is 0 Å². The Labute approximate surface area is 107 Å². The average Bonchev–Trinajstić information content (AvgIpc) is 2.57. The van der Waals surface area contributed by atoms with Gasteiger partial charge in [-0.25, -0.2) is 0 Å². The fourth-order valence-electron chi connectivity index (χ4n) is 1.74. The van der Waals surface area contributed by atoms with Crippen LogP contribution in [0.4, 0.5) is 0 Å². The molecule has 0 spiro atoms. The van der Waals surface area contributed by atoms with Crippen molar-refractivity contribution in [2.45, 2.75) is 46.6 Å². The van der Waals surface area contributed by atoms with Crippen molar-refractivity contribution in [1.29, 1.82) is 0 Å². The third-order valence-electron chi connectivity index (χ3n) is 2.42. The quantitative estimate of drug-likeness (QED) is 0.861. The molecule has 1 rings (SSSR count). The van der Waals surface area contributed by atoms with Crippen LogP contribution in [0, 0.1) is 5.41 Å². The molecule has 0 radical (unpaired) electrons. The summed E-state index contributed by atoms with van der Waals surface area (Å²) in [5, 5.41) is 3.55. The molecule has 1 aromatic rings. The molecule has 0 aliphatic heterocycles. The van der Waals surface area contributed by atoms with Crippen molar-refractivity contribution in [1.82, 2.24) is 5.32 Å². The van der Waals surface area contributed by atoms with Gasteiger partial charge in [-0.05, 0) is 46.8 Å². The molecule has 0 aliphatic carbocycles. The van der Waals surface area contributed by atoms with E-state index in [4.69, 9.17) is 4.42 Å². The first-order chi connectivity index (χ1) is 7.44. The van der Waals surface area contributed by atoms with Gasteiger partial charge in [0.25, 0.3) is 0 Å². The van der Waals surface area contributed by atoms with Crippen LogP contribution in [0.2, 0.25) is 0 Å². The van der Waals surface area contributed by atoms with Gasteiger partial charge < -0.3 is 9.73 Å². The normalized spacial score (nSPS) is 14.1. The summed E-state index contributed by atoms with van der Waals surface area (Å²) in [7, 11) is 0. The maximum absolute atomic E-state index is 5.56. The minimum atomic E-state index is 0.289. The second-order valence-electron chi connectivity index (χ2n) is 5.40. The van der Waals surface area contributed by atoms with Gasteiger partial charge in [0.1, 0.15) is 5.76 Å². The number of halogens is 1. The van der Waals surface area contributed by atoms with Crippen LogP contribution < -0.4 is 5.32 Å². The molecule has 1 heterocycles. The van der Waals surface area contributed by atoms with E-state index in [-0.39, 0.29) is 5.41 Å². The first-order valence-electron chi connectivity index (χ1n) is 5.90. The number of furan rings is 1. The van der Waals surface area contributed by atoms with Gasteiger partial charge >= 0.3 is 0 Å². The molecule has 1 aromatic heterocycles. The Morgan fingerprint density at radius 2 is 2.12 bits per heavy atom. The summed E-state index contributed by atoms with van der Waals surface area (Å²) in [5.41, 5.74) is 0.289. The van der Waals surface area contributed by atoms with Gasteiger partial charge in [-0.3, -0.25) is 0 Å². The van der Waals surface area contributed by atoms with E-state index in [1.165, 1.54) is 0 Å². The summed E-state index contributed by atoms with van der Waals surface area (Å²) in [6.45, 7) is 9.96. The SMILES string of the molecule is CCCNC(CC(C)(C)C)c1occc1Br. The summed E-state index contributed by atoms with van der Waals surface area (Å²) in [4.78, 5) is 0. The molecule has 0 fully saturated rings. The second kappa shape index (κ2) is 5.87. The van der Waals surface area contributed by atoms with Crippen molar-refractivity contribution >= 4 is 15.9 Å². The molecule has 0 bridgehead atoms. The van der Waals surface area contributed by atoms with Crippen LogP contribution in [0.5, 0.6) is 0 Å². The summed E-state index contributed by atoms with van der Waals surface area (Å²) in [5.74, 6) is 1.02. The lowest BCUT2D eigenvalue weighted by molar-refractivity contribution is 0.282. The van der Waals surface area contributed by atoms with E-state index in [0.717, 1.165) is 29.6 Å². The van der Waals surface area contributed by atoms with Gasteiger partial charge in [0.15, 0.2) is 0 Å². The fraction of sp³-hybridized carbons (Fsp3) is 0.692. The number of hydrogen-bond donors (Lipinski definition) is 1. The molecule has 0 aliphatic rings. The highest BCUT2D eigenvalue weighted by molar-refractivity contribution is 9.10. The molecule has 0 saturated carbocycles. The number of hydrogen-bond acceptors (Lipinski definition) is 2. The molecule has 0 amide bonds. The van der Waals surface area contributed by atoms with Gasteiger partial charge in [0.2, 0.25) is 0 Å².